The number of primary amides is 1. The number of carboxylic acids is 1. The lowest BCUT2D eigenvalue weighted by Gasteiger charge is -2.37. The highest BCUT2D eigenvalue weighted by atomic mass is 32.2. The molecule has 37 heteroatoms. The zero-order chi connectivity index (χ0) is 96.2. The van der Waals surface area contributed by atoms with E-state index in [-0.39, 0.29) is 68.8 Å². The maximum absolute atomic E-state index is 15.7. The molecule has 2 aromatic heterocycles. The number of aliphatic carboxylic acids is 1. The number of nitrogens with zero attached hydrogens (tertiary/aromatic N) is 5. The van der Waals surface area contributed by atoms with E-state index in [1.165, 1.54) is 93.6 Å². The molecule has 6 aromatic carbocycles. The van der Waals surface area contributed by atoms with Gasteiger partial charge in [0.05, 0.1) is 31.8 Å². The molecule has 1 saturated heterocycles. The first-order valence-electron chi connectivity index (χ1n) is 43.7. The molecule has 0 saturated carbocycles. The lowest BCUT2D eigenvalue weighted by atomic mass is 9.98. The van der Waals surface area contributed by atoms with Gasteiger partial charge in [-0.05, 0) is 94.5 Å². The molecule has 15 amide bonds. The highest BCUT2D eigenvalue weighted by Gasteiger charge is 2.43. The predicted molar refractivity (Wildman–Crippen MR) is 494 cm³/mol. The molecular formula is C95H119N17O19S. The second kappa shape index (κ2) is 48.5. The molecule has 0 radical (unpaired) electrons. The molecule has 11 atom stereocenters. The Morgan fingerprint density at radius 2 is 0.879 bits per heavy atom. The number of thioether (sulfide) groups is 1. The van der Waals surface area contributed by atoms with Crippen LogP contribution in [0.5, 0.6) is 11.5 Å². The van der Waals surface area contributed by atoms with Gasteiger partial charge in [0.1, 0.15) is 78.0 Å². The normalized spacial score (nSPS) is 21.7. The summed E-state index contributed by atoms with van der Waals surface area (Å²) in [4.78, 5) is 248. The molecule has 9 rings (SSSR count). The summed E-state index contributed by atoms with van der Waals surface area (Å²) in [7, 11) is 6.54. The summed E-state index contributed by atoms with van der Waals surface area (Å²) in [6.07, 6.45) is 1.67. The van der Waals surface area contributed by atoms with Crippen molar-refractivity contribution in [1.82, 2.24) is 82.3 Å². The van der Waals surface area contributed by atoms with Crippen LogP contribution in [0.3, 0.4) is 0 Å². The number of likely N-dealkylation sites (N-methyl/N-ethyl adjacent to an activating group) is 5. The number of H-pyrrole nitrogens is 2. The summed E-state index contributed by atoms with van der Waals surface area (Å²) >= 11 is 0.827. The molecular weight excluding hydrogens is 1720 g/mol. The third kappa shape index (κ3) is 29.2. The van der Waals surface area contributed by atoms with E-state index in [0.29, 0.717) is 68.0 Å². The van der Waals surface area contributed by atoms with Crippen LogP contribution in [0.15, 0.2) is 170 Å². The Bertz CT molecular complexity index is 5400. The second-order valence-corrected chi connectivity index (χ2v) is 35.0. The lowest BCUT2D eigenvalue weighted by molar-refractivity contribution is -0.151. The number of phenols is 2. The fraction of sp³-hybridized carbons (Fsp3) is 0.411. The molecule has 0 spiro atoms. The molecule has 0 unspecified atom stereocenters. The molecule has 1 fully saturated rings. The summed E-state index contributed by atoms with van der Waals surface area (Å²) in [5, 5.41) is 56.4. The highest BCUT2D eigenvalue weighted by molar-refractivity contribution is 8.00. The van der Waals surface area contributed by atoms with E-state index in [1.54, 1.807) is 137 Å². The molecule has 8 aromatic rings. The van der Waals surface area contributed by atoms with E-state index in [9.17, 15) is 48.9 Å². The fourth-order valence-corrected chi connectivity index (χ4v) is 16.5. The number of aromatic amines is 2. The SMILES string of the molecule is CCCC[C@H]1C(=O)N(C)CC(=O)N[C@@H](CC(=O)O)C(=O)N[C@@H](C(C)C)C(=O)N(C)[C@@H](Cc2ccccc2)C(=O)N[C@@H](Cc2ccc(O)cc2)C(=O)N(C)CC(=O)N[C@@H](Cc2c[nH]c3ccccc23)C(=O)N[C@@H](Cc2ccc(O)cc2)C(=O)N[C@@H](CC(C)C)C(=O)N[C@H](C(=O)NCC(N)=O)CSCC(=O)N[C@@H](Cc2c[nH]c3ccccc23)C(=O)N(C)[C@@H](Cc2ccccc2)C(=O)N1C. The van der Waals surface area contributed by atoms with Gasteiger partial charge in [-0.15, -0.1) is 11.8 Å². The van der Waals surface area contributed by atoms with E-state index in [4.69, 9.17) is 5.73 Å². The Hall–Kier alpha value is -14.1. The largest absolute Gasteiger partial charge is 0.508 e. The van der Waals surface area contributed by atoms with Crippen molar-refractivity contribution in [2.24, 2.45) is 17.6 Å². The van der Waals surface area contributed by atoms with Crippen LogP contribution in [0, 0.1) is 11.8 Å². The number of phenolic OH excluding ortho intramolecular Hbond substituents is 2. The highest BCUT2D eigenvalue weighted by Crippen LogP contribution is 2.26. The Morgan fingerprint density at radius 3 is 1.40 bits per heavy atom. The number of carbonyl (C=O) groups is 16. The molecule has 16 N–H and O–H groups in total. The zero-order valence-corrected chi connectivity index (χ0v) is 76.4. The van der Waals surface area contributed by atoms with Crippen molar-refractivity contribution in [2.45, 2.75) is 172 Å². The van der Waals surface area contributed by atoms with Gasteiger partial charge in [-0.1, -0.05) is 169 Å². The van der Waals surface area contributed by atoms with Gasteiger partial charge in [0.15, 0.2) is 0 Å². The van der Waals surface area contributed by atoms with E-state index < -0.39 is 205 Å². The fourth-order valence-electron chi connectivity index (χ4n) is 15.6. The number of rotatable bonds is 23. The molecule has 704 valence electrons. The molecule has 1 aliphatic rings. The Balaban J connectivity index is 1.12. The maximum atomic E-state index is 15.7. The maximum Gasteiger partial charge on any atom is 0.305 e. The van der Waals surface area contributed by atoms with Crippen LogP contribution in [0.25, 0.3) is 21.8 Å². The van der Waals surface area contributed by atoms with Crippen LogP contribution < -0.4 is 53.6 Å². The number of benzene rings is 6. The Labute approximate surface area is 769 Å². The molecule has 3 heterocycles. The first kappa shape index (κ1) is 102. The lowest BCUT2D eigenvalue weighted by Crippen LogP contribution is -2.61. The first-order valence-corrected chi connectivity index (χ1v) is 44.8. The minimum absolute atomic E-state index is 0.0225. The van der Waals surface area contributed by atoms with Gasteiger partial charge in [-0.25, -0.2) is 0 Å². The molecule has 1 aliphatic heterocycles. The van der Waals surface area contributed by atoms with Crippen molar-refractivity contribution in [1.29, 1.82) is 0 Å². The third-order valence-corrected chi connectivity index (χ3v) is 23.9. The monoisotopic (exact) mass is 1830 g/mol. The van der Waals surface area contributed by atoms with Crippen molar-refractivity contribution < 1.29 is 92.0 Å². The van der Waals surface area contributed by atoms with Gasteiger partial charge in [-0.3, -0.25) is 76.7 Å². The van der Waals surface area contributed by atoms with Crippen LogP contribution in [0.1, 0.15) is 100 Å². The minimum atomic E-state index is -1.91. The van der Waals surface area contributed by atoms with Crippen molar-refractivity contribution in [3.8, 4) is 11.5 Å². The Morgan fingerprint density at radius 1 is 0.447 bits per heavy atom. The average molecular weight is 1840 g/mol. The predicted octanol–water partition coefficient (Wildman–Crippen LogP) is 2.81. The second-order valence-electron chi connectivity index (χ2n) is 33.9. The summed E-state index contributed by atoms with van der Waals surface area (Å²) in [6, 6.07) is 25.7. The van der Waals surface area contributed by atoms with Gasteiger partial charge in [0, 0.05) is 114 Å². The van der Waals surface area contributed by atoms with Crippen molar-refractivity contribution in [3.63, 3.8) is 0 Å². The van der Waals surface area contributed by atoms with Crippen LogP contribution in [-0.4, -0.2) is 277 Å². The molecule has 132 heavy (non-hydrogen) atoms. The van der Waals surface area contributed by atoms with Crippen LogP contribution in [-0.2, 0) is 115 Å². The number of carboxylic acid groups (broad SMARTS) is 1. The Kier molecular flexibility index (Phi) is 37.3. The van der Waals surface area contributed by atoms with E-state index >= 15 is 43.2 Å². The number of hydrogen-bond donors (Lipinski definition) is 15. The molecule has 36 nitrogen and oxygen atoms in total. The summed E-state index contributed by atoms with van der Waals surface area (Å²) in [6.45, 7) is 6.16. The number of nitrogens with one attached hydrogen (secondary N) is 11. The number of fused-ring (bicyclic) bond motifs is 2. The minimum Gasteiger partial charge on any atom is -0.508 e. The third-order valence-electron chi connectivity index (χ3n) is 22.9. The smallest absolute Gasteiger partial charge is 0.305 e. The van der Waals surface area contributed by atoms with Crippen LogP contribution in [0.2, 0.25) is 0 Å². The zero-order valence-electron chi connectivity index (χ0n) is 75.6. The van der Waals surface area contributed by atoms with Crippen molar-refractivity contribution in [2.75, 3.05) is 66.4 Å². The number of aromatic nitrogens is 2. The summed E-state index contributed by atoms with van der Waals surface area (Å²) in [5.41, 5.74) is 9.81. The number of unbranched alkanes of at least 4 members (excludes halogenated alkanes) is 1. The number of carbonyl (C=O) groups excluding carboxylic acids is 15. The average Bonchev–Trinajstić information content (AvgIpc) is 1.50. The standard InChI is InChI=1S/C95H119N17O19S/c1-11-12-31-76-93(129)109(7)52-81(117)101-72(47-83(119)120)89(125)107-84(56(4)5)95(131)111(9)77(43-57-23-15-13-16-24-57)90(126)105-73(42-60-34-38-64(114)39-35-60)91(127)108(6)51-80(116)100-71(45-61-48-97-67-29-21-19-27-65(61)67)88(124)104-70(41-59-32-36-63(113)37-33-59)87(123)103-69(40-55(2)3)86(122)106-75(85(121)99-50-79(96)115)53-132-54-82(118)102-74(46-62-49-98-68-30-22-20-28-66(62)68)92(128)112(10)78(94(130)110(76)8)44-58-25-17-14-18-26-58/h13-30,32-39,48-49,55-56,69-78,84,97-98,113-114H,11-12,31,40-47,50-54H2,1-10H3,(H2,96,115)(H,99,121)(H,100,116)(H,101,117)(H,102,118)(H,103,123)(H,104,124)(H,105,126)(H,106,122)(H,107,125)(H,119,120)/t69-,70-,71-,72-,73-,74-,75-,76-,77-,78-,84-/m0/s1. The van der Waals surface area contributed by atoms with Gasteiger partial charge >= 0.3 is 5.97 Å². The van der Waals surface area contributed by atoms with Crippen molar-refractivity contribution >= 4 is 128 Å². The first-order chi connectivity index (χ1) is 62.9. The van der Waals surface area contributed by atoms with Crippen molar-refractivity contribution in [3.05, 3.63) is 203 Å². The van der Waals surface area contributed by atoms with Gasteiger partial charge in [-0.2, -0.15) is 0 Å². The molecule has 0 bridgehead atoms. The number of aromatic hydroxyl groups is 2. The van der Waals surface area contributed by atoms with Crippen LogP contribution >= 0.6 is 11.8 Å². The van der Waals surface area contributed by atoms with Crippen LogP contribution in [0.4, 0.5) is 0 Å². The van der Waals surface area contributed by atoms with E-state index in [1.807, 2.05) is 19.1 Å². The van der Waals surface area contributed by atoms with Gasteiger partial charge in [0.2, 0.25) is 88.6 Å². The number of amides is 15. The number of hydrogen-bond acceptors (Lipinski definition) is 19. The summed E-state index contributed by atoms with van der Waals surface area (Å²) in [5.74, 6) is -17.5. The summed E-state index contributed by atoms with van der Waals surface area (Å²) < 4.78 is 0. The van der Waals surface area contributed by atoms with Gasteiger partial charge < -0.3 is 103 Å². The topological polar surface area (TPSA) is 516 Å². The number of nitrogens with two attached hydrogens (primary N) is 1. The molecule has 0 aliphatic carbocycles. The van der Waals surface area contributed by atoms with Gasteiger partial charge in [0.25, 0.3) is 0 Å². The number of para-hydroxylation sites is 2. The van der Waals surface area contributed by atoms with E-state index in [0.717, 1.165) is 26.5 Å². The quantitative estimate of drug-likeness (QED) is 0.0438. The van der Waals surface area contributed by atoms with E-state index in [2.05, 4.69) is 57.8 Å².